The molecule has 1 saturated heterocycles. The van der Waals surface area contributed by atoms with Gasteiger partial charge in [0.2, 0.25) is 0 Å². The number of hydrogen-bond donors (Lipinski definition) is 1. The maximum Gasteiger partial charge on any atom is 0.0506 e. The molecule has 1 fully saturated rings. The second kappa shape index (κ2) is 7.77. The third kappa shape index (κ3) is 3.81. The van der Waals surface area contributed by atoms with E-state index in [1.165, 1.54) is 24.0 Å². The minimum Gasteiger partial charge on any atom is -0.381 e. The van der Waals surface area contributed by atoms with E-state index in [0.29, 0.717) is 18.5 Å². The van der Waals surface area contributed by atoms with Crippen molar-refractivity contribution in [1.29, 1.82) is 0 Å². The Kier molecular flexibility index (Phi) is 6.02. The molecule has 0 amide bonds. The fraction of sp³-hybridized carbons (Fsp3) is 0.647. The molecule has 2 rings (SSSR count). The molecule has 20 heavy (non-hydrogen) atoms. The Morgan fingerprint density at radius 3 is 2.85 bits per heavy atom. The molecule has 0 radical (unpaired) electrons. The zero-order chi connectivity index (χ0) is 14.4. The fourth-order valence-electron chi connectivity index (χ4n) is 3.21. The molecule has 0 saturated carbocycles. The molecule has 1 aliphatic rings. The SMILES string of the molecule is CCc1ccccc1C(CN)N(C)CC1CCCOC1. The molecule has 0 aliphatic carbocycles. The van der Waals surface area contributed by atoms with Crippen molar-refractivity contribution in [3.05, 3.63) is 35.4 Å². The minimum atomic E-state index is 0.313. The summed E-state index contributed by atoms with van der Waals surface area (Å²) in [5, 5.41) is 0. The van der Waals surface area contributed by atoms with E-state index in [0.717, 1.165) is 26.2 Å². The van der Waals surface area contributed by atoms with Crippen molar-refractivity contribution in [3.63, 3.8) is 0 Å². The lowest BCUT2D eigenvalue weighted by molar-refractivity contribution is 0.0365. The molecular formula is C17H28N2O. The van der Waals surface area contributed by atoms with Gasteiger partial charge in [0.15, 0.2) is 0 Å². The van der Waals surface area contributed by atoms with E-state index in [4.69, 9.17) is 10.5 Å². The summed E-state index contributed by atoms with van der Waals surface area (Å²) in [5.74, 6) is 0.650. The van der Waals surface area contributed by atoms with Crippen molar-refractivity contribution in [3.8, 4) is 0 Å². The molecule has 0 aromatic heterocycles. The van der Waals surface area contributed by atoms with Crippen LogP contribution in [0, 0.1) is 5.92 Å². The van der Waals surface area contributed by atoms with Gasteiger partial charge in [0.05, 0.1) is 6.61 Å². The smallest absolute Gasteiger partial charge is 0.0506 e. The summed E-state index contributed by atoms with van der Waals surface area (Å²) in [4.78, 5) is 2.41. The lowest BCUT2D eigenvalue weighted by Gasteiger charge is -2.33. The third-order valence-electron chi connectivity index (χ3n) is 4.35. The highest BCUT2D eigenvalue weighted by Crippen LogP contribution is 2.25. The summed E-state index contributed by atoms with van der Waals surface area (Å²) in [6.45, 7) is 5.78. The predicted molar refractivity (Wildman–Crippen MR) is 83.8 cm³/mol. The molecule has 1 aromatic rings. The van der Waals surface area contributed by atoms with Crippen LogP contribution in [-0.4, -0.2) is 38.3 Å². The van der Waals surface area contributed by atoms with Gasteiger partial charge in [-0.3, -0.25) is 4.90 Å². The van der Waals surface area contributed by atoms with E-state index in [-0.39, 0.29) is 0 Å². The highest BCUT2D eigenvalue weighted by atomic mass is 16.5. The Hall–Kier alpha value is -0.900. The summed E-state index contributed by atoms with van der Waals surface area (Å²) >= 11 is 0. The molecule has 2 N–H and O–H groups in total. The zero-order valence-corrected chi connectivity index (χ0v) is 12.8. The lowest BCUT2D eigenvalue weighted by atomic mass is 9.95. The first-order valence-corrected chi connectivity index (χ1v) is 7.82. The predicted octanol–water partition coefficient (Wildman–Crippen LogP) is 2.61. The Bertz CT molecular complexity index is 402. The number of ether oxygens (including phenoxy) is 1. The van der Waals surface area contributed by atoms with Crippen LogP contribution in [0.25, 0.3) is 0 Å². The minimum absolute atomic E-state index is 0.313. The van der Waals surface area contributed by atoms with Crippen molar-refractivity contribution in [2.75, 3.05) is 33.4 Å². The van der Waals surface area contributed by atoms with E-state index < -0.39 is 0 Å². The van der Waals surface area contributed by atoms with E-state index >= 15 is 0 Å². The monoisotopic (exact) mass is 276 g/mol. The second-order valence-corrected chi connectivity index (χ2v) is 5.83. The number of rotatable bonds is 6. The van der Waals surface area contributed by atoms with Crippen LogP contribution >= 0.6 is 0 Å². The Balaban J connectivity index is 2.06. The molecule has 3 heteroatoms. The van der Waals surface area contributed by atoms with Gasteiger partial charge in [0, 0.05) is 25.7 Å². The standard InChI is InChI=1S/C17H28N2O/c1-3-15-8-4-5-9-16(15)17(11-18)19(2)12-14-7-6-10-20-13-14/h4-5,8-9,14,17H,3,6-7,10-13,18H2,1-2H3. The summed E-state index contributed by atoms with van der Waals surface area (Å²) < 4.78 is 5.59. The number of aryl methyl sites for hydroxylation is 1. The molecule has 0 bridgehead atoms. The summed E-state index contributed by atoms with van der Waals surface area (Å²) in [7, 11) is 2.19. The molecule has 1 aromatic carbocycles. The Morgan fingerprint density at radius 2 is 2.20 bits per heavy atom. The van der Waals surface area contributed by atoms with Crippen LogP contribution in [-0.2, 0) is 11.2 Å². The lowest BCUT2D eigenvalue weighted by Crippen LogP contribution is -2.37. The molecule has 1 aliphatic heterocycles. The summed E-state index contributed by atoms with van der Waals surface area (Å²) in [5.41, 5.74) is 8.86. The number of likely N-dealkylation sites (N-methyl/N-ethyl adjacent to an activating group) is 1. The van der Waals surface area contributed by atoms with Crippen LogP contribution < -0.4 is 5.73 Å². The topological polar surface area (TPSA) is 38.5 Å². The number of nitrogens with zero attached hydrogens (tertiary/aromatic N) is 1. The van der Waals surface area contributed by atoms with Crippen LogP contribution in [0.1, 0.15) is 36.9 Å². The van der Waals surface area contributed by atoms with Crippen molar-refractivity contribution < 1.29 is 4.74 Å². The van der Waals surface area contributed by atoms with Gasteiger partial charge >= 0.3 is 0 Å². The van der Waals surface area contributed by atoms with Gasteiger partial charge in [0.1, 0.15) is 0 Å². The molecule has 2 atom stereocenters. The van der Waals surface area contributed by atoms with Crippen molar-refractivity contribution in [2.45, 2.75) is 32.2 Å². The zero-order valence-electron chi connectivity index (χ0n) is 12.8. The van der Waals surface area contributed by atoms with Crippen LogP contribution in [0.2, 0.25) is 0 Å². The van der Waals surface area contributed by atoms with Crippen LogP contribution in [0.4, 0.5) is 0 Å². The fourth-order valence-corrected chi connectivity index (χ4v) is 3.21. The average Bonchev–Trinajstić information content (AvgIpc) is 2.49. The molecule has 2 unspecified atom stereocenters. The normalized spacial score (nSPS) is 21.1. The number of hydrogen-bond acceptors (Lipinski definition) is 3. The molecule has 3 nitrogen and oxygen atoms in total. The van der Waals surface area contributed by atoms with Gasteiger partial charge in [-0.2, -0.15) is 0 Å². The maximum absolute atomic E-state index is 6.06. The van der Waals surface area contributed by atoms with Gasteiger partial charge < -0.3 is 10.5 Å². The van der Waals surface area contributed by atoms with Crippen LogP contribution in [0.3, 0.4) is 0 Å². The maximum atomic E-state index is 6.06. The second-order valence-electron chi connectivity index (χ2n) is 5.83. The third-order valence-corrected chi connectivity index (χ3v) is 4.35. The Labute approximate surface area is 123 Å². The van der Waals surface area contributed by atoms with Gasteiger partial charge in [-0.25, -0.2) is 0 Å². The number of nitrogens with two attached hydrogens (primary N) is 1. The molecule has 1 heterocycles. The molecule has 0 spiro atoms. The first-order valence-electron chi connectivity index (χ1n) is 7.82. The summed E-state index contributed by atoms with van der Waals surface area (Å²) in [6.07, 6.45) is 3.53. The molecular weight excluding hydrogens is 248 g/mol. The van der Waals surface area contributed by atoms with Gasteiger partial charge in [-0.05, 0) is 43.4 Å². The molecule has 112 valence electrons. The van der Waals surface area contributed by atoms with Gasteiger partial charge in [0.25, 0.3) is 0 Å². The van der Waals surface area contributed by atoms with Gasteiger partial charge in [-0.15, -0.1) is 0 Å². The Morgan fingerprint density at radius 1 is 1.40 bits per heavy atom. The van der Waals surface area contributed by atoms with E-state index in [1.807, 2.05) is 0 Å². The van der Waals surface area contributed by atoms with Crippen molar-refractivity contribution in [1.82, 2.24) is 4.90 Å². The highest BCUT2D eigenvalue weighted by Gasteiger charge is 2.22. The van der Waals surface area contributed by atoms with Crippen molar-refractivity contribution >= 4 is 0 Å². The summed E-state index contributed by atoms with van der Waals surface area (Å²) in [6, 6.07) is 8.99. The first kappa shape index (κ1) is 15.5. The van der Waals surface area contributed by atoms with Gasteiger partial charge in [-0.1, -0.05) is 31.2 Å². The highest BCUT2D eigenvalue weighted by molar-refractivity contribution is 5.30. The van der Waals surface area contributed by atoms with Crippen molar-refractivity contribution in [2.24, 2.45) is 11.7 Å². The van der Waals surface area contributed by atoms with E-state index in [1.54, 1.807) is 0 Å². The quantitative estimate of drug-likeness (QED) is 0.868. The number of benzene rings is 1. The van der Waals surface area contributed by atoms with E-state index in [2.05, 4.69) is 43.1 Å². The van der Waals surface area contributed by atoms with Crippen LogP contribution in [0.15, 0.2) is 24.3 Å². The average molecular weight is 276 g/mol. The van der Waals surface area contributed by atoms with Crippen LogP contribution in [0.5, 0.6) is 0 Å². The first-order chi connectivity index (χ1) is 9.76. The largest absolute Gasteiger partial charge is 0.381 e. The van der Waals surface area contributed by atoms with E-state index in [9.17, 15) is 0 Å².